The molecule has 1 saturated heterocycles. The summed E-state index contributed by atoms with van der Waals surface area (Å²) in [6, 6.07) is 12.5. The van der Waals surface area contributed by atoms with Crippen molar-refractivity contribution in [3.63, 3.8) is 0 Å². The number of amides is 1. The Balaban J connectivity index is 1.39. The SMILES string of the molecule is C=C1CC2COC(=O)C2(Cc2ccc(NC(=O)Cc3ccc(O)c(OCC)c3)cc2)C1. The molecule has 31 heavy (non-hydrogen) atoms. The minimum Gasteiger partial charge on any atom is -0.504 e. The summed E-state index contributed by atoms with van der Waals surface area (Å²) >= 11 is 0. The third kappa shape index (κ3) is 4.29. The van der Waals surface area contributed by atoms with Gasteiger partial charge in [-0.3, -0.25) is 9.59 Å². The summed E-state index contributed by atoms with van der Waals surface area (Å²) in [6.45, 7) is 6.83. The van der Waals surface area contributed by atoms with Crippen molar-refractivity contribution >= 4 is 17.6 Å². The molecule has 1 aliphatic carbocycles. The zero-order chi connectivity index (χ0) is 22.0. The van der Waals surface area contributed by atoms with Gasteiger partial charge in [-0.2, -0.15) is 0 Å². The van der Waals surface area contributed by atoms with Crippen molar-refractivity contribution in [3.8, 4) is 11.5 Å². The summed E-state index contributed by atoms with van der Waals surface area (Å²) in [6.07, 6.45) is 2.33. The van der Waals surface area contributed by atoms with Gasteiger partial charge in [0, 0.05) is 11.6 Å². The van der Waals surface area contributed by atoms with Crippen molar-refractivity contribution in [2.45, 2.75) is 32.6 Å². The third-order valence-corrected chi connectivity index (χ3v) is 6.15. The van der Waals surface area contributed by atoms with Crippen molar-refractivity contribution in [1.82, 2.24) is 0 Å². The van der Waals surface area contributed by atoms with Gasteiger partial charge in [0.25, 0.3) is 0 Å². The summed E-state index contributed by atoms with van der Waals surface area (Å²) in [7, 11) is 0. The molecule has 162 valence electrons. The topological polar surface area (TPSA) is 84.9 Å². The number of carbonyl (C=O) groups excluding carboxylic acids is 2. The number of hydrogen-bond donors (Lipinski definition) is 2. The smallest absolute Gasteiger partial charge is 0.313 e. The molecule has 6 nitrogen and oxygen atoms in total. The van der Waals surface area contributed by atoms with E-state index in [0.29, 0.717) is 37.5 Å². The number of fused-ring (bicyclic) bond motifs is 1. The van der Waals surface area contributed by atoms with Gasteiger partial charge >= 0.3 is 5.97 Å². The highest BCUT2D eigenvalue weighted by Crippen LogP contribution is 2.52. The lowest BCUT2D eigenvalue weighted by Gasteiger charge is -2.24. The Morgan fingerprint density at radius 3 is 2.74 bits per heavy atom. The molecule has 1 saturated carbocycles. The van der Waals surface area contributed by atoms with E-state index in [1.165, 1.54) is 6.07 Å². The standard InChI is InChI=1S/C25H27NO5/c1-3-30-22-11-18(6-9-21(22)27)12-23(28)26-20-7-4-17(5-8-20)14-25-13-16(2)10-19(25)15-31-24(25)29/h4-9,11,19,27H,2-3,10,12-15H2,1H3,(H,26,28). The van der Waals surface area contributed by atoms with Gasteiger partial charge in [-0.05, 0) is 61.6 Å². The van der Waals surface area contributed by atoms with Crippen LogP contribution in [0.2, 0.25) is 0 Å². The van der Waals surface area contributed by atoms with Gasteiger partial charge in [0.2, 0.25) is 5.91 Å². The average molecular weight is 421 g/mol. The Morgan fingerprint density at radius 2 is 2.00 bits per heavy atom. The number of benzene rings is 2. The van der Waals surface area contributed by atoms with Crippen molar-refractivity contribution in [3.05, 3.63) is 65.7 Å². The van der Waals surface area contributed by atoms with Gasteiger partial charge in [0.05, 0.1) is 25.0 Å². The fraction of sp³-hybridized carbons (Fsp3) is 0.360. The number of phenolic OH excluding ortho intramolecular Hbond substituents is 1. The number of carbonyl (C=O) groups is 2. The molecule has 2 aromatic carbocycles. The van der Waals surface area contributed by atoms with Crippen LogP contribution in [0.25, 0.3) is 0 Å². The molecule has 4 rings (SSSR count). The number of phenols is 1. The van der Waals surface area contributed by atoms with E-state index in [-0.39, 0.29) is 30.0 Å². The van der Waals surface area contributed by atoms with Crippen molar-refractivity contribution in [2.24, 2.45) is 11.3 Å². The van der Waals surface area contributed by atoms with E-state index in [1.807, 2.05) is 31.2 Å². The summed E-state index contributed by atoms with van der Waals surface area (Å²) in [5.41, 5.74) is 3.11. The number of rotatable bonds is 7. The molecular weight excluding hydrogens is 394 g/mol. The Kier molecular flexibility index (Phi) is 5.72. The summed E-state index contributed by atoms with van der Waals surface area (Å²) in [5, 5.41) is 12.7. The number of hydrogen-bond acceptors (Lipinski definition) is 5. The molecule has 2 N–H and O–H groups in total. The van der Waals surface area contributed by atoms with E-state index in [2.05, 4.69) is 11.9 Å². The summed E-state index contributed by atoms with van der Waals surface area (Å²) in [5.74, 6) is 0.355. The van der Waals surface area contributed by atoms with E-state index >= 15 is 0 Å². The van der Waals surface area contributed by atoms with Crippen molar-refractivity contribution in [2.75, 3.05) is 18.5 Å². The summed E-state index contributed by atoms with van der Waals surface area (Å²) < 4.78 is 10.7. The van der Waals surface area contributed by atoms with Crippen LogP contribution < -0.4 is 10.1 Å². The third-order valence-electron chi connectivity index (χ3n) is 6.15. The maximum absolute atomic E-state index is 12.5. The van der Waals surface area contributed by atoms with Gasteiger partial charge in [0.1, 0.15) is 0 Å². The zero-order valence-corrected chi connectivity index (χ0v) is 17.6. The van der Waals surface area contributed by atoms with E-state index in [0.717, 1.165) is 23.1 Å². The molecule has 2 fully saturated rings. The van der Waals surface area contributed by atoms with E-state index in [9.17, 15) is 14.7 Å². The number of allylic oxidation sites excluding steroid dienone is 1. The van der Waals surface area contributed by atoms with Crippen LogP contribution in [0, 0.1) is 11.3 Å². The van der Waals surface area contributed by atoms with Gasteiger partial charge in [0.15, 0.2) is 11.5 Å². The Morgan fingerprint density at radius 1 is 1.26 bits per heavy atom. The fourth-order valence-corrected chi connectivity index (χ4v) is 4.66. The molecule has 1 amide bonds. The lowest BCUT2D eigenvalue weighted by molar-refractivity contribution is -0.146. The maximum Gasteiger partial charge on any atom is 0.313 e. The minimum absolute atomic E-state index is 0.0558. The van der Waals surface area contributed by atoms with Gasteiger partial charge in [-0.15, -0.1) is 0 Å². The highest BCUT2D eigenvalue weighted by molar-refractivity contribution is 5.92. The highest BCUT2D eigenvalue weighted by atomic mass is 16.5. The molecule has 2 atom stereocenters. The van der Waals surface area contributed by atoms with Crippen LogP contribution in [-0.4, -0.2) is 30.2 Å². The van der Waals surface area contributed by atoms with E-state index in [1.54, 1.807) is 12.1 Å². The Labute approximate surface area is 181 Å². The molecule has 2 aliphatic rings. The van der Waals surface area contributed by atoms with Gasteiger partial charge in [-0.1, -0.05) is 30.4 Å². The maximum atomic E-state index is 12.5. The first-order chi connectivity index (χ1) is 14.9. The largest absolute Gasteiger partial charge is 0.504 e. The highest BCUT2D eigenvalue weighted by Gasteiger charge is 2.55. The lowest BCUT2D eigenvalue weighted by Crippen LogP contribution is -2.31. The molecule has 0 aromatic heterocycles. The number of anilines is 1. The molecule has 0 bridgehead atoms. The zero-order valence-electron chi connectivity index (χ0n) is 17.6. The number of nitrogens with one attached hydrogen (secondary N) is 1. The predicted octanol–water partition coefficient (Wildman–Crippen LogP) is 4.02. The molecule has 2 unspecified atom stereocenters. The van der Waals surface area contributed by atoms with Crippen LogP contribution in [0.3, 0.4) is 0 Å². The second kappa shape index (κ2) is 8.46. The van der Waals surface area contributed by atoms with Crippen LogP contribution in [0.5, 0.6) is 11.5 Å². The lowest BCUT2D eigenvalue weighted by atomic mass is 9.75. The van der Waals surface area contributed by atoms with Crippen LogP contribution in [0.4, 0.5) is 5.69 Å². The Hall–Kier alpha value is -3.28. The molecule has 0 radical (unpaired) electrons. The first kappa shape index (κ1) is 21.0. The number of aromatic hydroxyl groups is 1. The average Bonchev–Trinajstić information content (AvgIpc) is 3.20. The molecule has 0 spiro atoms. The number of cyclic esters (lactones) is 1. The predicted molar refractivity (Wildman–Crippen MR) is 117 cm³/mol. The van der Waals surface area contributed by atoms with E-state index < -0.39 is 5.41 Å². The van der Waals surface area contributed by atoms with Crippen LogP contribution >= 0.6 is 0 Å². The monoisotopic (exact) mass is 421 g/mol. The quantitative estimate of drug-likeness (QED) is 0.521. The van der Waals surface area contributed by atoms with Crippen LogP contribution in [-0.2, 0) is 27.2 Å². The first-order valence-corrected chi connectivity index (χ1v) is 10.6. The first-order valence-electron chi connectivity index (χ1n) is 10.6. The summed E-state index contributed by atoms with van der Waals surface area (Å²) in [4.78, 5) is 24.9. The number of esters is 1. The Bertz CT molecular complexity index is 1010. The molecular formula is C25H27NO5. The molecule has 6 heteroatoms. The van der Waals surface area contributed by atoms with Crippen molar-refractivity contribution in [1.29, 1.82) is 0 Å². The van der Waals surface area contributed by atoms with Crippen molar-refractivity contribution < 1.29 is 24.2 Å². The molecule has 1 heterocycles. The number of ether oxygens (including phenoxy) is 2. The second-order valence-corrected chi connectivity index (χ2v) is 8.42. The van der Waals surface area contributed by atoms with Gasteiger partial charge < -0.3 is 19.9 Å². The molecule has 1 aliphatic heterocycles. The molecule has 2 aromatic rings. The second-order valence-electron chi connectivity index (χ2n) is 8.42. The van der Waals surface area contributed by atoms with Gasteiger partial charge in [-0.25, -0.2) is 0 Å². The van der Waals surface area contributed by atoms with E-state index in [4.69, 9.17) is 9.47 Å². The van der Waals surface area contributed by atoms with Crippen LogP contribution in [0.1, 0.15) is 30.9 Å². The fourth-order valence-electron chi connectivity index (χ4n) is 4.66. The van der Waals surface area contributed by atoms with Crippen LogP contribution in [0.15, 0.2) is 54.6 Å². The normalized spacial score (nSPS) is 22.2. The minimum atomic E-state index is -0.487.